The SMILES string of the molecule is CC1=C(CCO)NCC(C)C1. The van der Waals surface area contributed by atoms with Crippen LogP contribution in [0.3, 0.4) is 0 Å². The third kappa shape index (κ3) is 2.22. The molecule has 2 N–H and O–H groups in total. The van der Waals surface area contributed by atoms with Crippen molar-refractivity contribution in [2.24, 2.45) is 5.92 Å². The zero-order valence-corrected chi connectivity index (χ0v) is 7.35. The molecule has 0 fully saturated rings. The van der Waals surface area contributed by atoms with Gasteiger partial charge in [-0.15, -0.1) is 0 Å². The second-order valence-corrected chi connectivity index (χ2v) is 3.42. The molecule has 0 radical (unpaired) electrons. The molecule has 0 aromatic rings. The summed E-state index contributed by atoms with van der Waals surface area (Å²) in [6.45, 7) is 5.71. The maximum absolute atomic E-state index is 8.73. The van der Waals surface area contributed by atoms with Gasteiger partial charge in [-0.3, -0.25) is 0 Å². The summed E-state index contributed by atoms with van der Waals surface area (Å²) >= 11 is 0. The van der Waals surface area contributed by atoms with Crippen LogP contribution in [0.25, 0.3) is 0 Å². The monoisotopic (exact) mass is 155 g/mol. The minimum atomic E-state index is 0.258. The summed E-state index contributed by atoms with van der Waals surface area (Å²) in [6.07, 6.45) is 1.97. The second kappa shape index (κ2) is 3.77. The molecule has 0 bridgehead atoms. The van der Waals surface area contributed by atoms with Gasteiger partial charge in [0.1, 0.15) is 0 Å². The van der Waals surface area contributed by atoms with Crippen molar-refractivity contribution in [1.82, 2.24) is 5.32 Å². The highest BCUT2D eigenvalue weighted by Crippen LogP contribution is 2.19. The van der Waals surface area contributed by atoms with E-state index in [-0.39, 0.29) is 6.61 Å². The van der Waals surface area contributed by atoms with E-state index < -0.39 is 0 Å². The Kier molecular flexibility index (Phi) is 2.94. The molecule has 0 saturated heterocycles. The molecule has 0 spiro atoms. The van der Waals surface area contributed by atoms with Crippen LogP contribution in [0.2, 0.25) is 0 Å². The fraction of sp³-hybridized carbons (Fsp3) is 0.778. The molecule has 2 nitrogen and oxygen atoms in total. The van der Waals surface area contributed by atoms with Gasteiger partial charge in [-0.2, -0.15) is 0 Å². The Morgan fingerprint density at radius 1 is 1.64 bits per heavy atom. The molecule has 11 heavy (non-hydrogen) atoms. The number of rotatable bonds is 2. The lowest BCUT2D eigenvalue weighted by Gasteiger charge is -2.24. The Hall–Kier alpha value is -0.500. The summed E-state index contributed by atoms with van der Waals surface area (Å²) in [5, 5.41) is 12.1. The van der Waals surface area contributed by atoms with E-state index in [0.717, 1.165) is 18.9 Å². The Balaban J connectivity index is 2.54. The van der Waals surface area contributed by atoms with Crippen LogP contribution in [0, 0.1) is 5.92 Å². The molecule has 0 amide bonds. The zero-order chi connectivity index (χ0) is 8.27. The van der Waals surface area contributed by atoms with Crippen LogP contribution in [-0.4, -0.2) is 18.3 Å². The molecular weight excluding hydrogens is 138 g/mol. The molecule has 1 atom stereocenters. The molecule has 1 aliphatic heterocycles. The van der Waals surface area contributed by atoms with E-state index in [2.05, 4.69) is 19.2 Å². The highest BCUT2D eigenvalue weighted by atomic mass is 16.3. The first-order chi connectivity index (χ1) is 5.24. The van der Waals surface area contributed by atoms with Crippen molar-refractivity contribution in [2.75, 3.05) is 13.2 Å². The quantitative estimate of drug-likeness (QED) is 0.629. The molecule has 1 heterocycles. The van der Waals surface area contributed by atoms with Gasteiger partial charge in [-0.25, -0.2) is 0 Å². The van der Waals surface area contributed by atoms with Crippen LogP contribution < -0.4 is 5.32 Å². The second-order valence-electron chi connectivity index (χ2n) is 3.42. The average Bonchev–Trinajstić information content (AvgIpc) is 1.95. The van der Waals surface area contributed by atoms with Gasteiger partial charge in [-0.05, 0) is 19.3 Å². The third-order valence-electron chi connectivity index (χ3n) is 2.20. The standard InChI is InChI=1S/C9H17NO/c1-7-5-8(2)9(3-4-11)10-6-7/h7,10-11H,3-6H2,1-2H3. The lowest BCUT2D eigenvalue weighted by atomic mass is 9.96. The Bertz CT molecular complexity index is 163. The topological polar surface area (TPSA) is 32.3 Å². The summed E-state index contributed by atoms with van der Waals surface area (Å²) in [4.78, 5) is 0. The van der Waals surface area contributed by atoms with Gasteiger partial charge in [-0.1, -0.05) is 12.5 Å². The third-order valence-corrected chi connectivity index (χ3v) is 2.20. The van der Waals surface area contributed by atoms with E-state index in [1.54, 1.807) is 0 Å². The highest BCUT2D eigenvalue weighted by molar-refractivity contribution is 5.14. The molecule has 2 heteroatoms. The summed E-state index contributed by atoms with van der Waals surface area (Å²) < 4.78 is 0. The van der Waals surface area contributed by atoms with Crippen molar-refractivity contribution >= 4 is 0 Å². The molecule has 1 aliphatic rings. The van der Waals surface area contributed by atoms with Crippen LogP contribution in [0.15, 0.2) is 11.3 Å². The fourth-order valence-corrected chi connectivity index (χ4v) is 1.58. The van der Waals surface area contributed by atoms with Crippen molar-refractivity contribution in [3.8, 4) is 0 Å². The van der Waals surface area contributed by atoms with E-state index >= 15 is 0 Å². The molecule has 1 rings (SSSR count). The van der Waals surface area contributed by atoms with Gasteiger partial charge >= 0.3 is 0 Å². The predicted octanol–water partition coefficient (Wildman–Crippen LogP) is 1.27. The van der Waals surface area contributed by atoms with Gasteiger partial charge < -0.3 is 10.4 Å². The summed E-state index contributed by atoms with van der Waals surface area (Å²) in [7, 11) is 0. The number of nitrogens with one attached hydrogen (secondary N) is 1. The number of hydrogen-bond acceptors (Lipinski definition) is 2. The lowest BCUT2D eigenvalue weighted by Crippen LogP contribution is -2.27. The molecular formula is C9H17NO. The molecule has 0 aromatic heterocycles. The maximum Gasteiger partial charge on any atom is 0.0485 e. The first-order valence-electron chi connectivity index (χ1n) is 4.27. The largest absolute Gasteiger partial charge is 0.396 e. The van der Waals surface area contributed by atoms with E-state index in [0.29, 0.717) is 0 Å². The van der Waals surface area contributed by atoms with Crippen LogP contribution in [0.4, 0.5) is 0 Å². The minimum absolute atomic E-state index is 0.258. The average molecular weight is 155 g/mol. The Morgan fingerprint density at radius 2 is 2.36 bits per heavy atom. The first-order valence-corrected chi connectivity index (χ1v) is 4.27. The van der Waals surface area contributed by atoms with Gasteiger partial charge in [0.2, 0.25) is 0 Å². The summed E-state index contributed by atoms with van der Waals surface area (Å²) in [6, 6.07) is 0. The fourth-order valence-electron chi connectivity index (χ4n) is 1.58. The van der Waals surface area contributed by atoms with Crippen LogP contribution in [-0.2, 0) is 0 Å². The van der Waals surface area contributed by atoms with Gasteiger partial charge in [0.25, 0.3) is 0 Å². The molecule has 0 aliphatic carbocycles. The highest BCUT2D eigenvalue weighted by Gasteiger charge is 2.12. The molecule has 1 unspecified atom stereocenters. The first kappa shape index (κ1) is 8.60. The number of aliphatic hydroxyl groups excluding tert-OH is 1. The smallest absolute Gasteiger partial charge is 0.0485 e. The lowest BCUT2D eigenvalue weighted by molar-refractivity contribution is 0.293. The van der Waals surface area contributed by atoms with E-state index in [9.17, 15) is 0 Å². The zero-order valence-electron chi connectivity index (χ0n) is 7.35. The van der Waals surface area contributed by atoms with Crippen molar-refractivity contribution in [3.05, 3.63) is 11.3 Å². The minimum Gasteiger partial charge on any atom is -0.396 e. The summed E-state index contributed by atoms with van der Waals surface area (Å²) in [5.74, 6) is 0.748. The van der Waals surface area contributed by atoms with Gasteiger partial charge in [0, 0.05) is 25.3 Å². The van der Waals surface area contributed by atoms with E-state index in [4.69, 9.17) is 5.11 Å². The summed E-state index contributed by atoms with van der Waals surface area (Å²) in [5.41, 5.74) is 2.67. The number of hydrogen-bond donors (Lipinski definition) is 2. The van der Waals surface area contributed by atoms with Crippen molar-refractivity contribution in [3.63, 3.8) is 0 Å². The maximum atomic E-state index is 8.73. The Labute approximate surface area is 68.3 Å². The molecule has 0 aromatic carbocycles. The number of aliphatic hydroxyl groups is 1. The molecule has 64 valence electrons. The Morgan fingerprint density at radius 3 is 2.91 bits per heavy atom. The van der Waals surface area contributed by atoms with Crippen molar-refractivity contribution in [2.45, 2.75) is 26.7 Å². The van der Waals surface area contributed by atoms with Gasteiger partial charge in [0.05, 0.1) is 0 Å². The van der Waals surface area contributed by atoms with Crippen molar-refractivity contribution < 1.29 is 5.11 Å². The van der Waals surface area contributed by atoms with Crippen LogP contribution >= 0.6 is 0 Å². The molecule has 0 saturated carbocycles. The van der Waals surface area contributed by atoms with E-state index in [1.165, 1.54) is 17.7 Å². The number of allylic oxidation sites excluding steroid dienone is 1. The normalized spacial score (nSPS) is 25.2. The van der Waals surface area contributed by atoms with Gasteiger partial charge in [0.15, 0.2) is 0 Å². The van der Waals surface area contributed by atoms with Crippen molar-refractivity contribution in [1.29, 1.82) is 0 Å². The predicted molar refractivity (Wildman–Crippen MR) is 46.2 cm³/mol. The van der Waals surface area contributed by atoms with Crippen LogP contribution in [0.5, 0.6) is 0 Å². The van der Waals surface area contributed by atoms with E-state index in [1.807, 2.05) is 0 Å². The van der Waals surface area contributed by atoms with Crippen LogP contribution in [0.1, 0.15) is 26.7 Å².